The Kier molecular flexibility index (Phi) is 5.81. The highest BCUT2D eigenvalue weighted by molar-refractivity contribution is 5.75. The van der Waals surface area contributed by atoms with Crippen LogP contribution in [0.4, 0.5) is 0 Å². The zero-order valence-corrected chi connectivity index (χ0v) is 10.1. The number of unbranched alkanes of at least 4 members (excludes halogenated alkanes) is 1. The fraction of sp³-hybridized carbons (Fsp3) is 0.429. The maximum atomic E-state index is 10.7. The van der Waals surface area contributed by atoms with Crippen LogP contribution in [-0.2, 0) is 11.2 Å². The fourth-order valence-corrected chi connectivity index (χ4v) is 1.46. The van der Waals surface area contributed by atoms with E-state index in [-0.39, 0.29) is 5.78 Å². The Morgan fingerprint density at radius 2 is 2.00 bits per heavy atom. The molecule has 0 atom stereocenters. The van der Waals surface area contributed by atoms with Gasteiger partial charge < -0.3 is 9.53 Å². The quantitative estimate of drug-likeness (QED) is 0.678. The number of hydrogen-bond acceptors (Lipinski definition) is 3. The first-order valence-corrected chi connectivity index (χ1v) is 5.80. The Hall–Kier alpha value is -1.82. The lowest BCUT2D eigenvalue weighted by molar-refractivity contribution is -0.117. The van der Waals surface area contributed by atoms with E-state index in [1.165, 1.54) is 0 Å². The summed E-state index contributed by atoms with van der Waals surface area (Å²) in [6.45, 7) is 2.24. The van der Waals surface area contributed by atoms with Gasteiger partial charge in [-0.1, -0.05) is 12.1 Å². The number of Topliss-reactive ketones (excluding diaryl/α,β-unsaturated/α-hetero) is 1. The van der Waals surface area contributed by atoms with E-state index in [0.717, 1.165) is 24.2 Å². The second kappa shape index (κ2) is 7.45. The monoisotopic (exact) mass is 231 g/mol. The number of rotatable bonds is 7. The Labute approximate surface area is 102 Å². The normalized spacial score (nSPS) is 9.65. The Morgan fingerprint density at radius 1 is 1.29 bits per heavy atom. The number of ether oxygens (including phenoxy) is 1. The molecule has 3 heteroatoms. The van der Waals surface area contributed by atoms with Gasteiger partial charge in [-0.2, -0.15) is 5.26 Å². The first-order valence-electron chi connectivity index (χ1n) is 5.80. The van der Waals surface area contributed by atoms with Crippen LogP contribution >= 0.6 is 0 Å². The maximum absolute atomic E-state index is 10.7. The van der Waals surface area contributed by atoms with E-state index in [0.29, 0.717) is 19.4 Å². The van der Waals surface area contributed by atoms with Crippen LogP contribution in [0.3, 0.4) is 0 Å². The molecule has 0 saturated heterocycles. The van der Waals surface area contributed by atoms with E-state index < -0.39 is 0 Å². The second-order valence-electron chi connectivity index (χ2n) is 3.99. The number of nitriles is 1. The molecule has 3 nitrogen and oxygen atoms in total. The van der Waals surface area contributed by atoms with E-state index in [1.54, 1.807) is 6.92 Å². The van der Waals surface area contributed by atoms with Crippen molar-refractivity contribution in [2.75, 3.05) is 6.61 Å². The van der Waals surface area contributed by atoms with Gasteiger partial charge in [-0.15, -0.1) is 0 Å². The average Bonchev–Trinajstić information content (AvgIpc) is 2.31. The number of carbonyl (C=O) groups excluding carboxylic acids is 1. The SMILES string of the molecule is CC(=O)CCCCOc1ccc(CC#N)cc1. The third-order valence-electron chi connectivity index (χ3n) is 2.40. The molecule has 0 radical (unpaired) electrons. The minimum Gasteiger partial charge on any atom is -0.494 e. The lowest BCUT2D eigenvalue weighted by Gasteiger charge is -2.05. The molecule has 0 aliphatic carbocycles. The molecule has 1 aromatic carbocycles. The van der Waals surface area contributed by atoms with Crippen molar-refractivity contribution in [3.63, 3.8) is 0 Å². The van der Waals surface area contributed by atoms with Crippen LogP contribution in [0.15, 0.2) is 24.3 Å². The van der Waals surface area contributed by atoms with Crippen molar-refractivity contribution < 1.29 is 9.53 Å². The fourth-order valence-electron chi connectivity index (χ4n) is 1.46. The van der Waals surface area contributed by atoms with Gasteiger partial charge in [0.1, 0.15) is 11.5 Å². The molecule has 0 fully saturated rings. The standard InChI is InChI=1S/C14H17NO2/c1-12(16)4-2-3-11-17-14-7-5-13(6-8-14)9-10-15/h5-8H,2-4,9,11H2,1H3. The predicted molar refractivity (Wildman–Crippen MR) is 65.8 cm³/mol. The summed E-state index contributed by atoms with van der Waals surface area (Å²) in [7, 11) is 0. The summed E-state index contributed by atoms with van der Waals surface area (Å²) in [5.41, 5.74) is 0.997. The molecule has 0 aliphatic rings. The minimum atomic E-state index is 0.228. The van der Waals surface area contributed by atoms with E-state index >= 15 is 0 Å². The van der Waals surface area contributed by atoms with Gasteiger partial charge >= 0.3 is 0 Å². The van der Waals surface area contributed by atoms with Gasteiger partial charge in [0.25, 0.3) is 0 Å². The van der Waals surface area contributed by atoms with Crippen molar-refractivity contribution >= 4 is 5.78 Å². The summed E-state index contributed by atoms with van der Waals surface area (Å²) in [6, 6.07) is 9.64. The molecule has 90 valence electrons. The van der Waals surface area contributed by atoms with Crippen LogP contribution in [0.5, 0.6) is 5.75 Å². The summed E-state index contributed by atoms with van der Waals surface area (Å²) in [5, 5.41) is 8.53. The minimum absolute atomic E-state index is 0.228. The molecule has 0 heterocycles. The second-order valence-corrected chi connectivity index (χ2v) is 3.99. The molecule has 0 spiro atoms. The van der Waals surface area contributed by atoms with Crippen molar-refractivity contribution in [1.29, 1.82) is 5.26 Å². The van der Waals surface area contributed by atoms with E-state index in [2.05, 4.69) is 6.07 Å². The summed E-state index contributed by atoms with van der Waals surface area (Å²) >= 11 is 0. The third-order valence-corrected chi connectivity index (χ3v) is 2.40. The number of nitrogens with zero attached hydrogens (tertiary/aromatic N) is 1. The van der Waals surface area contributed by atoms with Crippen LogP contribution in [0.2, 0.25) is 0 Å². The van der Waals surface area contributed by atoms with Gasteiger partial charge in [-0.3, -0.25) is 0 Å². The Balaban J connectivity index is 2.23. The number of benzene rings is 1. The van der Waals surface area contributed by atoms with Gasteiger partial charge in [-0.25, -0.2) is 0 Å². The maximum Gasteiger partial charge on any atom is 0.129 e. The molecule has 0 amide bonds. The van der Waals surface area contributed by atoms with E-state index in [4.69, 9.17) is 10.00 Å². The van der Waals surface area contributed by atoms with Crippen molar-refractivity contribution in [3.8, 4) is 11.8 Å². The molecule has 1 aromatic rings. The molecule has 0 aromatic heterocycles. The molecular formula is C14H17NO2. The van der Waals surface area contributed by atoms with Crippen molar-refractivity contribution in [1.82, 2.24) is 0 Å². The first kappa shape index (κ1) is 13.2. The van der Waals surface area contributed by atoms with Crippen LogP contribution in [-0.4, -0.2) is 12.4 Å². The molecule has 1 rings (SSSR count). The highest BCUT2D eigenvalue weighted by atomic mass is 16.5. The lowest BCUT2D eigenvalue weighted by atomic mass is 10.1. The summed E-state index contributed by atoms with van der Waals surface area (Å²) in [4.78, 5) is 10.7. The van der Waals surface area contributed by atoms with Gasteiger partial charge in [0.2, 0.25) is 0 Å². The summed E-state index contributed by atoms with van der Waals surface area (Å²) < 4.78 is 5.53. The van der Waals surface area contributed by atoms with Gasteiger partial charge in [0, 0.05) is 6.42 Å². The Bertz CT molecular complexity index is 390. The summed E-state index contributed by atoms with van der Waals surface area (Å²) in [5.74, 6) is 1.04. The van der Waals surface area contributed by atoms with E-state index in [1.807, 2.05) is 24.3 Å². The molecule has 0 saturated carbocycles. The highest BCUT2D eigenvalue weighted by Crippen LogP contribution is 2.13. The average molecular weight is 231 g/mol. The smallest absolute Gasteiger partial charge is 0.129 e. The number of carbonyl (C=O) groups is 1. The van der Waals surface area contributed by atoms with Gasteiger partial charge in [0.05, 0.1) is 19.1 Å². The van der Waals surface area contributed by atoms with Crippen LogP contribution in [0, 0.1) is 11.3 Å². The zero-order chi connectivity index (χ0) is 12.5. The molecule has 0 bridgehead atoms. The van der Waals surface area contributed by atoms with Gasteiger partial charge in [-0.05, 0) is 37.5 Å². The highest BCUT2D eigenvalue weighted by Gasteiger charge is 1.97. The van der Waals surface area contributed by atoms with Crippen molar-refractivity contribution in [3.05, 3.63) is 29.8 Å². The molecule has 0 N–H and O–H groups in total. The summed E-state index contributed by atoms with van der Waals surface area (Å²) in [6.07, 6.45) is 2.82. The van der Waals surface area contributed by atoms with Crippen LogP contribution in [0.25, 0.3) is 0 Å². The number of ketones is 1. The first-order chi connectivity index (χ1) is 8.22. The number of hydrogen-bond donors (Lipinski definition) is 0. The van der Waals surface area contributed by atoms with Crippen molar-refractivity contribution in [2.45, 2.75) is 32.6 Å². The van der Waals surface area contributed by atoms with Crippen LogP contribution < -0.4 is 4.74 Å². The van der Waals surface area contributed by atoms with E-state index in [9.17, 15) is 4.79 Å². The van der Waals surface area contributed by atoms with Crippen molar-refractivity contribution in [2.24, 2.45) is 0 Å². The zero-order valence-electron chi connectivity index (χ0n) is 10.1. The predicted octanol–water partition coefficient (Wildman–Crippen LogP) is 2.89. The molecule has 0 unspecified atom stereocenters. The topological polar surface area (TPSA) is 50.1 Å². The van der Waals surface area contributed by atoms with Crippen LogP contribution in [0.1, 0.15) is 31.7 Å². The lowest BCUT2D eigenvalue weighted by Crippen LogP contribution is -1.99. The Morgan fingerprint density at radius 3 is 2.59 bits per heavy atom. The third kappa shape index (κ3) is 5.72. The molecule has 0 aliphatic heterocycles. The van der Waals surface area contributed by atoms with Gasteiger partial charge in [0.15, 0.2) is 0 Å². The molecule has 17 heavy (non-hydrogen) atoms. The largest absolute Gasteiger partial charge is 0.494 e. The molecular weight excluding hydrogens is 214 g/mol.